The van der Waals surface area contributed by atoms with Gasteiger partial charge in [-0.05, 0) is 30.7 Å². The highest BCUT2D eigenvalue weighted by molar-refractivity contribution is 7.09. The van der Waals surface area contributed by atoms with Crippen molar-refractivity contribution in [3.8, 4) is 0 Å². The second-order valence-corrected chi connectivity index (χ2v) is 5.47. The van der Waals surface area contributed by atoms with E-state index in [0.29, 0.717) is 19.3 Å². The number of hydrogen-bond acceptors (Lipinski definition) is 3. The van der Waals surface area contributed by atoms with Gasteiger partial charge in [0.05, 0.1) is 5.41 Å². The van der Waals surface area contributed by atoms with Crippen LogP contribution in [0.25, 0.3) is 0 Å². The number of amides is 1. The summed E-state index contributed by atoms with van der Waals surface area (Å²) in [6, 6.07) is 3.96. The molecule has 1 aromatic heterocycles. The summed E-state index contributed by atoms with van der Waals surface area (Å²) in [7, 11) is 0. The molecule has 92 valence electrons. The average molecular weight is 253 g/mol. The Kier molecular flexibility index (Phi) is 3.47. The van der Waals surface area contributed by atoms with E-state index in [1.807, 2.05) is 17.5 Å². The van der Waals surface area contributed by atoms with Crippen molar-refractivity contribution in [3.05, 3.63) is 22.4 Å². The Morgan fingerprint density at radius 3 is 2.76 bits per heavy atom. The van der Waals surface area contributed by atoms with Crippen molar-refractivity contribution in [3.63, 3.8) is 0 Å². The molecule has 0 atom stereocenters. The van der Waals surface area contributed by atoms with Crippen LogP contribution in [0, 0.1) is 5.41 Å². The van der Waals surface area contributed by atoms with Crippen LogP contribution >= 0.6 is 11.3 Å². The number of hydrogen-bond donors (Lipinski definition) is 2. The lowest BCUT2D eigenvalue weighted by Gasteiger charge is -2.10. The van der Waals surface area contributed by atoms with Gasteiger partial charge in [-0.1, -0.05) is 6.07 Å². The number of thiophene rings is 1. The van der Waals surface area contributed by atoms with Crippen molar-refractivity contribution >= 4 is 23.2 Å². The molecule has 0 aliphatic heterocycles. The van der Waals surface area contributed by atoms with Crippen molar-refractivity contribution < 1.29 is 14.7 Å². The topological polar surface area (TPSA) is 66.4 Å². The predicted molar refractivity (Wildman–Crippen MR) is 65.0 cm³/mol. The van der Waals surface area contributed by atoms with E-state index in [1.54, 1.807) is 11.3 Å². The van der Waals surface area contributed by atoms with Gasteiger partial charge in [0.25, 0.3) is 0 Å². The fourth-order valence-electron chi connectivity index (χ4n) is 1.66. The highest BCUT2D eigenvalue weighted by atomic mass is 32.1. The highest BCUT2D eigenvalue weighted by Gasteiger charge is 2.50. The van der Waals surface area contributed by atoms with Gasteiger partial charge in [0, 0.05) is 17.8 Å². The Morgan fingerprint density at radius 1 is 1.47 bits per heavy atom. The van der Waals surface area contributed by atoms with Crippen LogP contribution in [0.4, 0.5) is 0 Å². The summed E-state index contributed by atoms with van der Waals surface area (Å²) in [4.78, 5) is 23.6. The van der Waals surface area contributed by atoms with Crippen LogP contribution in [0.15, 0.2) is 17.5 Å². The van der Waals surface area contributed by atoms with Gasteiger partial charge < -0.3 is 10.4 Å². The van der Waals surface area contributed by atoms with Crippen molar-refractivity contribution in [2.45, 2.75) is 25.7 Å². The number of carboxylic acids is 1. The fourth-order valence-corrected chi connectivity index (χ4v) is 2.37. The van der Waals surface area contributed by atoms with Crippen molar-refractivity contribution in [1.82, 2.24) is 5.32 Å². The molecule has 1 fully saturated rings. The number of rotatable bonds is 6. The third-order valence-corrected chi connectivity index (χ3v) is 4.05. The predicted octanol–water partition coefficient (Wildman–Crippen LogP) is 1.66. The molecule has 0 unspecified atom stereocenters. The van der Waals surface area contributed by atoms with E-state index in [-0.39, 0.29) is 12.5 Å². The third kappa shape index (κ3) is 3.06. The standard InChI is InChI=1S/C12H15NO3S/c14-10(4-3-9-2-1-7-17-9)13-8-12(5-6-12)11(15)16/h1-2,7H,3-6,8H2,(H,13,14)(H,15,16). The zero-order chi connectivity index (χ0) is 12.3. The second kappa shape index (κ2) is 4.87. The van der Waals surface area contributed by atoms with Crippen molar-refractivity contribution in [2.24, 2.45) is 5.41 Å². The van der Waals surface area contributed by atoms with Gasteiger partial charge in [0.15, 0.2) is 0 Å². The number of aliphatic carboxylic acids is 1. The zero-order valence-corrected chi connectivity index (χ0v) is 10.3. The zero-order valence-electron chi connectivity index (χ0n) is 9.44. The molecule has 0 bridgehead atoms. The lowest BCUT2D eigenvalue weighted by molar-refractivity contribution is -0.143. The normalized spacial score (nSPS) is 16.5. The lowest BCUT2D eigenvalue weighted by atomic mass is 10.1. The number of carbonyl (C=O) groups is 2. The van der Waals surface area contributed by atoms with Gasteiger partial charge in [0.2, 0.25) is 5.91 Å². The maximum atomic E-state index is 11.5. The largest absolute Gasteiger partial charge is 0.481 e. The van der Waals surface area contributed by atoms with Gasteiger partial charge in [-0.2, -0.15) is 0 Å². The van der Waals surface area contributed by atoms with Gasteiger partial charge in [0.1, 0.15) is 0 Å². The van der Waals surface area contributed by atoms with Gasteiger partial charge >= 0.3 is 5.97 Å². The number of carboxylic acid groups (broad SMARTS) is 1. The summed E-state index contributed by atoms with van der Waals surface area (Å²) < 4.78 is 0. The van der Waals surface area contributed by atoms with Crippen LogP contribution in [0.2, 0.25) is 0 Å². The van der Waals surface area contributed by atoms with E-state index in [1.165, 1.54) is 4.88 Å². The maximum Gasteiger partial charge on any atom is 0.311 e. The molecule has 4 nitrogen and oxygen atoms in total. The first-order chi connectivity index (χ1) is 8.12. The molecule has 1 amide bonds. The average Bonchev–Trinajstić information content (AvgIpc) is 2.93. The molecule has 1 heterocycles. The number of aryl methyl sites for hydroxylation is 1. The van der Waals surface area contributed by atoms with E-state index in [9.17, 15) is 9.59 Å². The smallest absolute Gasteiger partial charge is 0.311 e. The summed E-state index contributed by atoms with van der Waals surface area (Å²) in [6.45, 7) is 0.269. The molecule has 1 aromatic rings. The van der Waals surface area contributed by atoms with Crippen LogP contribution in [0.5, 0.6) is 0 Å². The summed E-state index contributed by atoms with van der Waals surface area (Å²) in [6.07, 6.45) is 2.50. The van der Waals surface area contributed by atoms with Gasteiger partial charge in [-0.25, -0.2) is 0 Å². The number of carbonyl (C=O) groups excluding carboxylic acids is 1. The van der Waals surface area contributed by atoms with Crippen LogP contribution in [0.3, 0.4) is 0 Å². The lowest BCUT2D eigenvalue weighted by Crippen LogP contribution is -2.34. The Morgan fingerprint density at radius 2 is 2.24 bits per heavy atom. The molecular formula is C12H15NO3S. The molecule has 5 heteroatoms. The molecule has 0 radical (unpaired) electrons. The monoisotopic (exact) mass is 253 g/mol. The van der Waals surface area contributed by atoms with Gasteiger partial charge in [-0.3, -0.25) is 9.59 Å². The molecule has 17 heavy (non-hydrogen) atoms. The molecule has 2 rings (SSSR count). The van der Waals surface area contributed by atoms with Crippen LogP contribution in [-0.2, 0) is 16.0 Å². The molecule has 0 saturated heterocycles. The van der Waals surface area contributed by atoms with Crippen LogP contribution in [-0.4, -0.2) is 23.5 Å². The van der Waals surface area contributed by atoms with Crippen molar-refractivity contribution in [2.75, 3.05) is 6.54 Å². The van der Waals surface area contributed by atoms with Crippen LogP contribution in [0.1, 0.15) is 24.1 Å². The first-order valence-corrected chi connectivity index (χ1v) is 6.53. The van der Waals surface area contributed by atoms with Crippen LogP contribution < -0.4 is 5.32 Å². The third-order valence-electron chi connectivity index (χ3n) is 3.11. The Balaban J connectivity index is 1.70. The van der Waals surface area contributed by atoms with E-state index >= 15 is 0 Å². The fraction of sp³-hybridized carbons (Fsp3) is 0.500. The Labute approximate surface area is 104 Å². The van der Waals surface area contributed by atoms with E-state index in [2.05, 4.69) is 5.32 Å². The molecule has 1 aliphatic carbocycles. The molecule has 1 aliphatic rings. The summed E-state index contributed by atoms with van der Waals surface area (Å²) in [5.41, 5.74) is -0.668. The summed E-state index contributed by atoms with van der Waals surface area (Å²) in [5.74, 6) is -0.859. The molecular weight excluding hydrogens is 238 g/mol. The molecule has 0 spiro atoms. The molecule has 0 aromatic carbocycles. The minimum absolute atomic E-state index is 0.0640. The quantitative estimate of drug-likeness (QED) is 0.810. The molecule has 2 N–H and O–H groups in total. The SMILES string of the molecule is O=C(CCc1cccs1)NCC1(C(=O)O)CC1. The first kappa shape index (κ1) is 12.1. The maximum absolute atomic E-state index is 11.5. The summed E-state index contributed by atoms with van der Waals surface area (Å²) >= 11 is 1.63. The summed E-state index contributed by atoms with van der Waals surface area (Å²) in [5, 5.41) is 13.6. The minimum Gasteiger partial charge on any atom is -0.481 e. The molecule has 1 saturated carbocycles. The van der Waals surface area contributed by atoms with E-state index < -0.39 is 11.4 Å². The highest BCUT2D eigenvalue weighted by Crippen LogP contribution is 2.45. The second-order valence-electron chi connectivity index (χ2n) is 4.44. The van der Waals surface area contributed by atoms with E-state index in [4.69, 9.17) is 5.11 Å². The van der Waals surface area contributed by atoms with E-state index in [0.717, 1.165) is 6.42 Å². The van der Waals surface area contributed by atoms with Gasteiger partial charge in [-0.15, -0.1) is 11.3 Å². The first-order valence-electron chi connectivity index (χ1n) is 5.65. The Hall–Kier alpha value is -1.36. The van der Waals surface area contributed by atoms with Crippen molar-refractivity contribution in [1.29, 1.82) is 0 Å². The Bertz CT molecular complexity index is 409. The number of nitrogens with one attached hydrogen (secondary N) is 1. The minimum atomic E-state index is -0.795.